The SMILES string of the molecule is Cc1ccc(-c2csc3nc(CN4C(=O)c5ccccc5C4=O)[nH]c(=O)c23)cc1. The number of imide groups is 1. The van der Waals surface area contributed by atoms with Crippen LogP contribution < -0.4 is 5.56 Å². The molecule has 0 aliphatic carbocycles. The van der Waals surface area contributed by atoms with E-state index in [1.165, 1.54) is 11.3 Å². The Labute approximate surface area is 169 Å². The van der Waals surface area contributed by atoms with E-state index in [4.69, 9.17) is 0 Å². The molecule has 142 valence electrons. The molecule has 0 saturated carbocycles. The number of fused-ring (bicyclic) bond motifs is 2. The van der Waals surface area contributed by atoms with Gasteiger partial charge in [-0.05, 0) is 24.6 Å². The van der Waals surface area contributed by atoms with Gasteiger partial charge in [0.2, 0.25) is 0 Å². The van der Waals surface area contributed by atoms with E-state index in [1.807, 2.05) is 36.6 Å². The topological polar surface area (TPSA) is 83.1 Å². The minimum Gasteiger partial charge on any atom is -0.308 e. The Balaban J connectivity index is 1.52. The van der Waals surface area contributed by atoms with Crippen LogP contribution in [0.25, 0.3) is 21.3 Å². The van der Waals surface area contributed by atoms with E-state index in [0.29, 0.717) is 21.3 Å². The summed E-state index contributed by atoms with van der Waals surface area (Å²) < 4.78 is 0. The van der Waals surface area contributed by atoms with Gasteiger partial charge in [0.1, 0.15) is 10.7 Å². The fourth-order valence-corrected chi connectivity index (χ4v) is 4.51. The largest absolute Gasteiger partial charge is 0.308 e. The van der Waals surface area contributed by atoms with Crippen LogP contribution in [0.15, 0.2) is 58.7 Å². The van der Waals surface area contributed by atoms with Gasteiger partial charge in [0, 0.05) is 10.9 Å². The number of benzene rings is 2. The van der Waals surface area contributed by atoms with E-state index in [0.717, 1.165) is 21.6 Å². The van der Waals surface area contributed by atoms with Gasteiger partial charge in [0.15, 0.2) is 0 Å². The first-order valence-corrected chi connectivity index (χ1v) is 9.93. The molecule has 5 rings (SSSR count). The summed E-state index contributed by atoms with van der Waals surface area (Å²) >= 11 is 1.37. The van der Waals surface area contributed by atoms with Crippen molar-refractivity contribution in [3.63, 3.8) is 0 Å². The Morgan fingerprint density at radius 1 is 0.931 bits per heavy atom. The highest BCUT2D eigenvalue weighted by Gasteiger charge is 2.35. The lowest BCUT2D eigenvalue weighted by Crippen LogP contribution is -2.30. The number of amides is 2. The van der Waals surface area contributed by atoms with Crippen molar-refractivity contribution in [2.45, 2.75) is 13.5 Å². The Morgan fingerprint density at radius 2 is 1.59 bits per heavy atom. The predicted octanol–water partition coefficient (Wildman–Crippen LogP) is 3.76. The first kappa shape index (κ1) is 17.5. The summed E-state index contributed by atoms with van der Waals surface area (Å²) in [7, 11) is 0. The predicted molar refractivity (Wildman–Crippen MR) is 111 cm³/mol. The fraction of sp³-hybridized carbons (Fsp3) is 0.0909. The minimum atomic E-state index is -0.375. The first-order valence-electron chi connectivity index (χ1n) is 9.05. The number of nitrogens with zero attached hydrogens (tertiary/aromatic N) is 2. The summed E-state index contributed by atoms with van der Waals surface area (Å²) in [5.74, 6) is -0.464. The highest BCUT2D eigenvalue weighted by Crippen LogP contribution is 2.31. The smallest absolute Gasteiger partial charge is 0.261 e. The zero-order valence-corrected chi connectivity index (χ0v) is 16.2. The lowest BCUT2D eigenvalue weighted by Gasteiger charge is -2.12. The van der Waals surface area contributed by atoms with Crippen LogP contribution in [0, 0.1) is 6.92 Å². The molecule has 0 fully saturated rings. The van der Waals surface area contributed by atoms with Crippen LogP contribution in [0.3, 0.4) is 0 Å². The van der Waals surface area contributed by atoms with Crippen LogP contribution in [-0.2, 0) is 6.54 Å². The number of thiophene rings is 1. The van der Waals surface area contributed by atoms with Gasteiger partial charge >= 0.3 is 0 Å². The molecule has 2 aromatic carbocycles. The van der Waals surface area contributed by atoms with Crippen LogP contribution in [0.2, 0.25) is 0 Å². The average Bonchev–Trinajstić information content (AvgIpc) is 3.25. The standard InChI is InChI=1S/C22H15N3O3S/c1-12-6-8-13(9-7-12)16-11-29-20-18(16)19(26)23-17(24-20)10-25-21(27)14-4-2-3-5-15(14)22(25)28/h2-9,11H,10H2,1H3,(H,23,24,26). The highest BCUT2D eigenvalue weighted by molar-refractivity contribution is 7.17. The number of aryl methyl sites for hydroxylation is 1. The molecule has 1 N–H and O–H groups in total. The van der Waals surface area contributed by atoms with Crippen molar-refractivity contribution in [3.8, 4) is 11.1 Å². The van der Waals surface area contributed by atoms with Crippen molar-refractivity contribution in [2.24, 2.45) is 0 Å². The van der Waals surface area contributed by atoms with E-state index >= 15 is 0 Å². The number of hydrogen-bond donors (Lipinski definition) is 1. The van der Waals surface area contributed by atoms with Crippen molar-refractivity contribution < 1.29 is 9.59 Å². The van der Waals surface area contributed by atoms with E-state index in [2.05, 4.69) is 9.97 Å². The van der Waals surface area contributed by atoms with E-state index in [9.17, 15) is 14.4 Å². The molecule has 2 aromatic heterocycles. The molecule has 6 nitrogen and oxygen atoms in total. The number of carbonyl (C=O) groups is 2. The number of aromatic amines is 1. The number of carbonyl (C=O) groups excluding carboxylic acids is 2. The van der Waals surface area contributed by atoms with Crippen LogP contribution >= 0.6 is 11.3 Å². The van der Waals surface area contributed by atoms with Crippen LogP contribution in [0.4, 0.5) is 0 Å². The lowest BCUT2D eigenvalue weighted by molar-refractivity contribution is 0.0638. The molecule has 1 aliphatic rings. The summed E-state index contributed by atoms with van der Waals surface area (Å²) in [5.41, 5.74) is 3.38. The van der Waals surface area contributed by atoms with Gasteiger partial charge in [-0.25, -0.2) is 4.98 Å². The second-order valence-electron chi connectivity index (χ2n) is 6.95. The molecular weight excluding hydrogens is 386 g/mol. The molecular formula is C22H15N3O3S. The summed E-state index contributed by atoms with van der Waals surface area (Å²) in [6, 6.07) is 14.6. The van der Waals surface area contributed by atoms with Crippen molar-refractivity contribution >= 4 is 33.4 Å². The summed E-state index contributed by atoms with van der Waals surface area (Å²) in [4.78, 5) is 46.9. The third-order valence-corrected chi connectivity index (χ3v) is 5.91. The normalized spacial score (nSPS) is 13.3. The maximum absolute atomic E-state index is 12.8. The molecule has 1 aliphatic heterocycles. The molecule has 3 heterocycles. The summed E-state index contributed by atoms with van der Waals surface area (Å²) in [6.45, 7) is 1.94. The van der Waals surface area contributed by atoms with Crippen molar-refractivity contribution in [3.05, 3.63) is 86.8 Å². The molecule has 0 saturated heterocycles. The van der Waals surface area contributed by atoms with E-state index < -0.39 is 0 Å². The zero-order valence-electron chi connectivity index (χ0n) is 15.4. The molecule has 2 amide bonds. The van der Waals surface area contributed by atoms with Gasteiger partial charge in [-0.2, -0.15) is 0 Å². The maximum Gasteiger partial charge on any atom is 0.261 e. The summed E-state index contributed by atoms with van der Waals surface area (Å²) in [5, 5.41) is 2.42. The van der Waals surface area contributed by atoms with Crippen molar-refractivity contribution in [2.75, 3.05) is 0 Å². The number of hydrogen-bond acceptors (Lipinski definition) is 5. The highest BCUT2D eigenvalue weighted by atomic mass is 32.1. The third kappa shape index (κ3) is 2.78. The number of H-pyrrole nitrogens is 1. The molecule has 0 atom stereocenters. The van der Waals surface area contributed by atoms with Gasteiger partial charge in [-0.15, -0.1) is 11.3 Å². The van der Waals surface area contributed by atoms with Gasteiger partial charge < -0.3 is 4.98 Å². The van der Waals surface area contributed by atoms with Crippen LogP contribution in [0.1, 0.15) is 32.1 Å². The molecule has 29 heavy (non-hydrogen) atoms. The summed E-state index contributed by atoms with van der Waals surface area (Å²) in [6.07, 6.45) is 0. The Hall–Kier alpha value is -3.58. The number of rotatable bonds is 3. The third-order valence-electron chi connectivity index (χ3n) is 5.04. The average molecular weight is 401 g/mol. The Kier molecular flexibility index (Phi) is 3.92. The Bertz CT molecular complexity index is 1320. The maximum atomic E-state index is 12.8. The monoisotopic (exact) mass is 401 g/mol. The van der Waals surface area contributed by atoms with Gasteiger partial charge in [0.25, 0.3) is 17.4 Å². The van der Waals surface area contributed by atoms with Crippen LogP contribution in [-0.4, -0.2) is 26.7 Å². The molecule has 7 heteroatoms. The van der Waals surface area contributed by atoms with Crippen molar-refractivity contribution in [1.29, 1.82) is 0 Å². The van der Waals surface area contributed by atoms with Crippen LogP contribution in [0.5, 0.6) is 0 Å². The van der Waals surface area contributed by atoms with E-state index in [-0.39, 0.29) is 29.7 Å². The number of aromatic nitrogens is 2. The molecule has 0 radical (unpaired) electrons. The molecule has 0 unspecified atom stereocenters. The van der Waals surface area contributed by atoms with Gasteiger partial charge in [-0.3, -0.25) is 19.3 Å². The molecule has 0 bridgehead atoms. The van der Waals surface area contributed by atoms with Gasteiger partial charge in [0.05, 0.1) is 23.1 Å². The quantitative estimate of drug-likeness (QED) is 0.530. The minimum absolute atomic E-state index is 0.0741. The second-order valence-corrected chi connectivity index (χ2v) is 7.81. The van der Waals surface area contributed by atoms with Crippen molar-refractivity contribution in [1.82, 2.24) is 14.9 Å². The van der Waals surface area contributed by atoms with Gasteiger partial charge in [-0.1, -0.05) is 42.0 Å². The Morgan fingerprint density at radius 3 is 2.24 bits per heavy atom. The molecule has 0 spiro atoms. The lowest BCUT2D eigenvalue weighted by atomic mass is 10.1. The second kappa shape index (κ2) is 6.49. The first-order chi connectivity index (χ1) is 14.0. The fourth-order valence-electron chi connectivity index (χ4n) is 3.55. The number of nitrogens with one attached hydrogen (secondary N) is 1. The van der Waals surface area contributed by atoms with E-state index in [1.54, 1.807) is 24.3 Å². The zero-order chi connectivity index (χ0) is 20.1. The molecule has 4 aromatic rings.